The molecule has 4 rings (SSSR count). The lowest BCUT2D eigenvalue weighted by Gasteiger charge is -2.32. The Labute approximate surface area is 162 Å². The molecule has 0 unspecified atom stereocenters. The van der Waals surface area contributed by atoms with Gasteiger partial charge in [0, 0.05) is 41.6 Å². The molecule has 28 heavy (non-hydrogen) atoms. The van der Waals surface area contributed by atoms with Crippen LogP contribution in [0.15, 0.2) is 48.7 Å². The van der Waals surface area contributed by atoms with Crippen LogP contribution in [0.3, 0.4) is 0 Å². The van der Waals surface area contributed by atoms with E-state index in [1.54, 1.807) is 0 Å². The molecule has 1 aliphatic heterocycles. The van der Waals surface area contributed by atoms with E-state index >= 15 is 0 Å². The van der Waals surface area contributed by atoms with E-state index in [0.29, 0.717) is 16.6 Å². The summed E-state index contributed by atoms with van der Waals surface area (Å²) in [5.41, 5.74) is 2.40. The summed E-state index contributed by atoms with van der Waals surface area (Å²) in [6.45, 7) is 4.34. The van der Waals surface area contributed by atoms with Gasteiger partial charge in [-0.15, -0.1) is 0 Å². The van der Waals surface area contributed by atoms with Crippen molar-refractivity contribution in [2.75, 3.05) is 23.3 Å². The Kier molecular flexibility index (Phi) is 4.86. The number of ketones is 1. The molecule has 0 saturated carbocycles. The number of nitrogens with zero attached hydrogens (tertiary/aromatic N) is 1. The molecule has 144 valence electrons. The highest BCUT2D eigenvalue weighted by Gasteiger charge is 2.21. The molecule has 1 aromatic heterocycles. The van der Waals surface area contributed by atoms with Crippen LogP contribution in [-0.4, -0.2) is 29.8 Å². The van der Waals surface area contributed by atoms with Crippen LogP contribution >= 0.6 is 0 Å². The summed E-state index contributed by atoms with van der Waals surface area (Å²) in [4.78, 5) is 30.1. The van der Waals surface area contributed by atoms with Crippen LogP contribution in [0.2, 0.25) is 0 Å². The molecule has 0 radical (unpaired) electrons. The Hall–Kier alpha value is -3.15. The van der Waals surface area contributed by atoms with Crippen molar-refractivity contribution in [1.82, 2.24) is 4.98 Å². The molecule has 0 aliphatic carbocycles. The van der Waals surface area contributed by atoms with Gasteiger partial charge in [0.15, 0.2) is 0 Å². The minimum absolute atomic E-state index is 0.228. The highest BCUT2D eigenvalue weighted by Crippen LogP contribution is 2.25. The highest BCUT2D eigenvalue weighted by molar-refractivity contribution is 6.48. The normalized spacial score (nSPS) is 15.0. The third-order valence-corrected chi connectivity index (χ3v) is 5.37. The van der Waals surface area contributed by atoms with Crippen molar-refractivity contribution in [2.45, 2.75) is 19.8 Å². The summed E-state index contributed by atoms with van der Waals surface area (Å²) in [7, 11) is 0. The Morgan fingerprint density at radius 3 is 2.54 bits per heavy atom. The Morgan fingerprint density at radius 2 is 1.82 bits per heavy atom. The number of carbonyl (C=O) groups excluding carboxylic acids is 2. The number of anilines is 2. The van der Waals surface area contributed by atoms with Crippen LogP contribution in [0.25, 0.3) is 10.9 Å². The van der Waals surface area contributed by atoms with E-state index in [1.165, 1.54) is 37.2 Å². The molecule has 3 aromatic rings. The number of carbonyl (C=O) groups is 2. The number of nitrogens with one attached hydrogen (secondary N) is 2. The average molecular weight is 379 g/mol. The van der Waals surface area contributed by atoms with E-state index in [1.807, 2.05) is 24.3 Å². The molecule has 1 fully saturated rings. The summed E-state index contributed by atoms with van der Waals surface area (Å²) >= 11 is 0. The molecule has 2 heterocycles. The highest BCUT2D eigenvalue weighted by atomic mass is 19.1. The number of rotatable bonds is 4. The van der Waals surface area contributed by atoms with E-state index in [4.69, 9.17) is 0 Å². The predicted molar refractivity (Wildman–Crippen MR) is 108 cm³/mol. The quantitative estimate of drug-likeness (QED) is 0.523. The molecule has 0 atom stereocenters. The molecule has 6 heteroatoms. The van der Waals surface area contributed by atoms with E-state index in [9.17, 15) is 14.0 Å². The zero-order chi connectivity index (χ0) is 19.7. The van der Waals surface area contributed by atoms with Gasteiger partial charge in [-0.25, -0.2) is 4.39 Å². The number of amides is 1. The first-order valence-electron chi connectivity index (χ1n) is 9.48. The Morgan fingerprint density at radius 1 is 1.11 bits per heavy atom. The molecular weight excluding hydrogens is 357 g/mol. The monoisotopic (exact) mass is 379 g/mol. The molecule has 0 spiro atoms. The standard InChI is InChI=1S/C22H22FN3O2/c1-14-8-10-26(11-9-14)17-5-3-16(4-6-17)25-22(28)21(27)19-13-24-20-12-15(23)2-7-18(19)20/h2-7,12-14,24H,8-11H2,1H3,(H,25,28). The van der Waals surface area contributed by atoms with Crippen LogP contribution in [0, 0.1) is 11.7 Å². The zero-order valence-electron chi connectivity index (χ0n) is 15.7. The maximum atomic E-state index is 13.3. The fourth-order valence-corrected chi connectivity index (χ4v) is 3.62. The number of aromatic nitrogens is 1. The molecule has 1 amide bonds. The Balaban J connectivity index is 1.44. The first-order valence-corrected chi connectivity index (χ1v) is 9.48. The van der Waals surface area contributed by atoms with E-state index in [0.717, 1.165) is 24.7 Å². The van der Waals surface area contributed by atoms with Gasteiger partial charge >= 0.3 is 0 Å². The maximum absolute atomic E-state index is 13.3. The molecule has 1 saturated heterocycles. The minimum Gasteiger partial charge on any atom is -0.372 e. The first kappa shape index (κ1) is 18.2. The second-order valence-electron chi connectivity index (χ2n) is 7.39. The third-order valence-electron chi connectivity index (χ3n) is 5.37. The SMILES string of the molecule is CC1CCN(c2ccc(NC(=O)C(=O)c3c[nH]c4cc(F)ccc34)cc2)CC1. The van der Waals surface area contributed by atoms with Crippen LogP contribution < -0.4 is 10.2 Å². The first-order chi connectivity index (χ1) is 13.5. The molecular formula is C22H22FN3O2. The van der Waals surface area contributed by atoms with E-state index < -0.39 is 17.5 Å². The van der Waals surface area contributed by atoms with Gasteiger partial charge in [-0.3, -0.25) is 9.59 Å². The number of hydrogen-bond acceptors (Lipinski definition) is 3. The topological polar surface area (TPSA) is 65.2 Å². The van der Waals surface area contributed by atoms with Crippen LogP contribution in [-0.2, 0) is 4.79 Å². The lowest BCUT2D eigenvalue weighted by molar-refractivity contribution is -0.112. The molecule has 2 N–H and O–H groups in total. The van der Waals surface area contributed by atoms with Gasteiger partial charge in [0.1, 0.15) is 5.82 Å². The van der Waals surface area contributed by atoms with Crippen LogP contribution in [0.4, 0.5) is 15.8 Å². The largest absolute Gasteiger partial charge is 0.372 e. The number of halogens is 1. The average Bonchev–Trinajstić information content (AvgIpc) is 3.11. The molecule has 5 nitrogen and oxygen atoms in total. The number of piperidine rings is 1. The van der Waals surface area contributed by atoms with Gasteiger partial charge in [0.2, 0.25) is 0 Å². The van der Waals surface area contributed by atoms with Crippen LogP contribution in [0.5, 0.6) is 0 Å². The molecule has 0 bridgehead atoms. The van der Waals surface area contributed by atoms with Crippen molar-refractivity contribution in [3.8, 4) is 0 Å². The number of fused-ring (bicyclic) bond motifs is 1. The van der Waals surface area contributed by atoms with Gasteiger partial charge < -0.3 is 15.2 Å². The van der Waals surface area contributed by atoms with Gasteiger partial charge in [-0.1, -0.05) is 6.92 Å². The van der Waals surface area contributed by atoms with Crippen molar-refractivity contribution >= 4 is 34.0 Å². The van der Waals surface area contributed by atoms with Crippen molar-refractivity contribution < 1.29 is 14.0 Å². The number of H-pyrrole nitrogens is 1. The second-order valence-corrected chi connectivity index (χ2v) is 7.39. The fourth-order valence-electron chi connectivity index (χ4n) is 3.62. The van der Waals surface area contributed by atoms with Crippen molar-refractivity contribution in [1.29, 1.82) is 0 Å². The zero-order valence-corrected chi connectivity index (χ0v) is 15.7. The van der Waals surface area contributed by atoms with Crippen LogP contribution in [0.1, 0.15) is 30.1 Å². The minimum atomic E-state index is -0.718. The van der Waals surface area contributed by atoms with Gasteiger partial charge in [-0.2, -0.15) is 0 Å². The number of Topliss-reactive ketones (excluding diaryl/α,β-unsaturated/α-hetero) is 1. The van der Waals surface area contributed by atoms with Crippen molar-refractivity contribution in [3.05, 3.63) is 60.0 Å². The number of aromatic amines is 1. The fraction of sp³-hybridized carbons (Fsp3) is 0.273. The second kappa shape index (κ2) is 7.46. The summed E-state index contributed by atoms with van der Waals surface area (Å²) in [6, 6.07) is 11.6. The van der Waals surface area contributed by atoms with Gasteiger partial charge in [-0.05, 0) is 61.2 Å². The molecule has 1 aliphatic rings. The third kappa shape index (κ3) is 3.63. The lowest BCUT2D eigenvalue weighted by atomic mass is 9.99. The van der Waals surface area contributed by atoms with Gasteiger partial charge in [0.05, 0.1) is 5.56 Å². The maximum Gasteiger partial charge on any atom is 0.296 e. The summed E-state index contributed by atoms with van der Waals surface area (Å²) in [5, 5.41) is 3.17. The molecule has 2 aromatic carbocycles. The van der Waals surface area contributed by atoms with E-state index in [-0.39, 0.29) is 5.56 Å². The van der Waals surface area contributed by atoms with Crippen molar-refractivity contribution in [2.24, 2.45) is 5.92 Å². The number of hydrogen-bond donors (Lipinski definition) is 2. The number of benzene rings is 2. The lowest BCUT2D eigenvalue weighted by Crippen LogP contribution is -2.32. The summed E-state index contributed by atoms with van der Waals surface area (Å²) in [6.07, 6.45) is 3.80. The summed E-state index contributed by atoms with van der Waals surface area (Å²) in [5.74, 6) is -1.01. The smallest absolute Gasteiger partial charge is 0.296 e. The van der Waals surface area contributed by atoms with Gasteiger partial charge in [0.25, 0.3) is 11.7 Å². The summed E-state index contributed by atoms with van der Waals surface area (Å²) < 4.78 is 13.3. The predicted octanol–water partition coefficient (Wildman–Crippen LogP) is 4.36. The van der Waals surface area contributed by atoms with E-state index in [2.05, 4.69) is 22.1 Å². The Bertz CT molecular complexity index is 1020. The van der Waals surface area contributed by atoms with Crippen molar-refractivity contribution in [3.63, 3.8) is 0 Å².